The number of rotatable bonds is 6. The van der Waals surface area contributed by atoms with Crippen molar-refractivity contribution in [3.05, 3.63) is 28.8 Å². The lowest BCUT2D eigenvalue weighted by molar-refractivity contribution is 0.0180. The van der Waals surface area contributed by atoms with Gasteiger partial charge in [-0.3, -0.25) is 4.79 Å². The SMILES string of the molecule is COCC1(CNC(=O)c2ccc(N3CCCC3)c(Cl)c2)CCC1. The van der Waals surface area contributed by atoms with Gasteiger partial charge in [-0.15, -0.1) is 0 Å². The Bertz CT molecular complexity index is 566. The number of hydrogen-bond donors (Lipinski definition) is 1. The minimum Gasteiger partial charge on any atom is -0.384 e. The first-order valence-electron chi connectivity index (χ1n) is 8.45. The molecule has 1 saturated heterocycles. The van der Waals surface area contributed by atoms with Crippen LogP contribution in [0.4, 0.5) is 5.69 Å². The summed E-state index contributed by atoms with van der Waals surface area (Å²) in [6.45, 7) is 3.47. The Morgan fingerprint density at radius 3 is 2.61 bits per heavy atom. The average Bonchev–Trinajstić information content (AvgIpc) is 3.03. The Balaban J connectivity index is 1.62. The molecule has 0 bridgehead atoms. The van der Waals surface area contributed by atoms with E-state index < -0.39 is 0 Å². The van der Waals surface area contributed by atoms with Crippen molar-refractivity contribution in [1.29, 1.82) is 0 Å². The third-order valence-electron chi connectivity index (χ3n) is 5.15. The van der Waals surface area contributed by atoms with E-state index in [4.69, 9.17) is 16.3 Å². The first-order valence-corrected chi connectivity index (χ1v) is 8.83. The van der Waals surface area contributed by atoms with Crippen molar-refractivity contribution in [3.8, 4) is 0 Å². The zero-order valence-electron chi connectivity index (χ0n) is 13.7. The molecule has 0 unspecified atom stereocenters. The highest BCUT2D eigenvalue weighted by Crippen LogP contribution is 2.40. The van der Waals surface area contributed by atoms with Gasteiger partial charge in [-0.1, -0.05) is 18.0 Å². The van der Waals surface area contributed by atoms with E-state index in [2.05, 4.69) is 10.2 Å². The Kier molecular flexibility index (Phi) is 5.12. The molecule has 0 aromatic heterocycles. The van der Waals surface area contributed by atoms with Gasteiger partial charge in [-0.25, -0.2) is 0 Å². The fourth-order valence-electron chi connectivity index (χ4n) is 3.59. The van der Waals surface area contributed by atoms with Gasteiger partial charge >= 0.3 is 0 Å². The highest BCUT2D eigenvalue weighted by molar-refractivity contribution is 6.33. The van der Waals surface area contributed by atoms with Crippen molar-refractivity contribution < 1.29 is 9.53 Å². The summed E-state index contributed by atoms with van der Waals surface area (Å²) in [7, 11) is 1.72. The van der Waals surface area contributed by atoms with E-state index in [1.54, 1.807) is 13.2 Å². The van der Waals surface area contributed by atoms with Gasteiger partial charge in [-0.2, -0.15) is 0 Å². The molecule has 1 saturated carbocycles. The number of hydrogen-bond acceptors (Lipinski definition) is 3. The number of ether oxygens (including phenoxy) is 1. The topological polar surface area (TPSA) is 41.6 Å². The number of nitrogens with one attached hydrogen (secondary N) is 1. The number of nitrogens with zero attached hydrogens (tertiary/aromatic N) is 1. The van der Waals surface area contributed by atoms with E-state index in [9.17, 15) is 4.79 Å². The van der Waals surface area contributed by atoms with Gasteiger partial charge in [0, 0.05) is 37.7 Å². The summed E-state index contributed by atoms with van der Waals surface area (Å²) in [4.78, 5) is 14.7. The molecule has 2 fully saturated rings. The second-order valence-electron chi connectivity index (χ2n) is 6.83. The lowest BCUT2D eigenvalue weighted by Gasteiger charge is -2.41. The predicted molar refractivity (Wildman–Crippen MR) is 93.4 cm³/mol. The maximum Gasteiger partial charge on any atom is 0.251 e. The van der Waals surface area contributed by atoms with Crippen molar-refractivity contribution in [1.82, 2.24) is 5.32 Å². The van der Waals surface area contributed by atoms with Crippen molar-refractivity contribution in [2.75, 3.05) is 38.3 Å². The van der Waals surface area contributed by atoms with Crippen LogP contribution in [0, 0.1) is 5.41 Å². The van der Waals surface area contributed by atoms with Crippen molar-refractivity contribution in [2.24, 2.45) is 5.41 Å². The number of carbonyl (C=O) groups excluding carboxylic acids is 1. The zero-order chi connectivity index (χ0) is 16.3. The number of benzene rings is 1. The van der Waals surface area contributed by atoms with Crippen molar-refractivity contribution >= 4 is 23.2 Å². The molecule has 23 heavy (non-hydrogen) atoms. The van der Waals surface area contributed by atoms with Crippen LogP contribution in [0.25, 0.3) is 0 Å². The highest BCUT2D eigenvalue weighted by atomic mass is 35.5. The summed E-state index contributed by atoms with van der Waals surface area (Å²) in [5.74, 6) is -0.0535. The number of anilines is 1. The van der Waals surface area contributed by atoms with Crippen LogP contribution in [0.2, 0.25) is 5.02 Å². The molecule has 5 heteroatoms. The van der Waals surface area contributed by atoms with Crippen LogP contribution in [0.5, 0.6) is 0 Å². The molecule has 1 aromatic rings. The van der Waals surface area contributed by atoms with Gasteiger partial charge in [0.2, 0.25) is 0 Å². The molecule has 1 aliphatic heterocycles. The lowest BCUT2D eigenvalue weighted by Crippen LogP contribution is -2.45. The predicted octanol–water partition coefficient (Wildman–Crippen LogP) is 3.49. The average molecular weight is 337 g/mol. The van der Waals surface area contributed by atoms with Gasteiger partial charge in [0.25, 0.3) is 5.91 Å². The summed E-state index contributed by atoms with van der Waals surface area (Å²) in [5.41, 5.74) is 1.80. The number of methoxy groups -OCH3 is 1. The van der Waals surface area contributed by atoms with Crippen LogP contribution >= 0.6 is 11.6 Å². The van der Waals surface area contributed by atoms with Crippen LogP contribution in [-0.4, -0.2) is 39.3 Å². The highest BCUT2D eigenvalue weighted by Gasteiger charge is 2.37. The first kappa shape index (κ1) is 16.6. The lowest BCUT2D eigenvalue weighted by atomic mass is 9.69. The molecule has 1 aliphatic carbocycles. The van der Waals surface area contributed by atoms with Crippen molar-refractivity contribution in [2.45, 2.75) is 32.1 Å². The molecule has 0 atom stereocenters. The number of amides is 1. The molecular weight excluding hydrogens is 312 g/mol. The summed E-state index contributed by atoms with van der Waals surface area (Å²) < 4.78 is 5.30. The fourth-order valence-corrected chi connectivity index (χ4v) is 3.89. The van der Waals surface area contributed by atoms with Crippen LogP contribution in [0.3, 0.4) is 0 Å². The third kappa shape index (κ3) is 3.64. The summed E-state index contributed by atoms with van der Waals surface area (Å²) in [6, 6.07) is 5.63. The third-order valence-corrected chi connectivity index (χ3v) is 5.45. The van der Waals surface area contributed by atoms with E-state index in [1.807, 2.05) is 12.1 Å². The molecule has 1 amide bonds. The smallest absolute Gasteiger partial charge is 0.251 e. The van der Waals surface area contributed by atoms with Gasteiger partial charge in [0.1, 0.15) is 0 Å². The van der Waals surface area contributed by atoms with E-state index >= 15 is 0 Å². The Morgan fingerprint density at radius 2 is 2.04 bits per heavy atom. The monoisotopic (exact) mass is 336 g/mol. The summed E-state index contributed by atoms with van der Waals surface area (Å²) in [6.07, 6.45) is 5.88. The Hall–Kier alpha value is -1.26. The zero-order valence-corrected chi connectivity index (χ0v) is 14.5. The van der Waals surface area contributed by atoms with Crippen LogP contribution in [0.1, 0.15) is 42.5 Å². The minimum atomic E-state index is -0.0535. The molecule has 1 aromatic carbocycles. The van der Waals surface area contributed by atoms with E-state index in [0.29, 0.717) is 23.7 Å². The first-order chi connectivity index (χ1) is 11.1. The minimum absolute atomic E-state index is 0.0535. The van der Waals surface area contributed by atoms with Crippen molar-refractivity contribution in [3.63, 3.8) is 0 Å². The summed E-state index contributed by atoms with van der Waals surface area (Å²) >= 11 is 6.39. The summed E-state index contributed by atoms with van der Waals surface area (Å²) in [5, 5.41) is 3.71. The van der Waals surface area contributed by atoms with E-state index in [1.165, 1.54) is 19.3 Å². The van der Waals surface area contributed by atoms with Crippen LogP contribution in [-0.2, 0) is 4.74 Å². The van der Waals surface area contributed by atoms with Crippen LogP contribution in [0.15, 0.2) is 18.2 Å². The maximum absolute atomic E-state index is 12.4. The van der Waals surface area contributed by atoms with E-state index in [-0.39, 0.29) is 11.3 Å². The molecule has 4 nitrogen and oxygen atoms in total. The second-order valence-corrected chi connectivity index (χ2v) is 7.24. The van der Waals surface area contributed by atoms with E-state index in [0.717, 1.165) is 31.6 Å². The fraction of sp³-hybridized carbons (Fsp3) is 0.611. The maximum atomic E-state index is 12.4. The molecule has 2 aliphatic rings. The van der Waals surface area contributed by atoms with Gasteiger partial charge in [0.15, 0.2) is 0 Å². The van der Waals surface area contributed by atoms with Gasteiger partial charge in [-0.05, 0) is 43.9 Å². The molecule has 1 N–H and O–H groups in total. The standard InChI is InChI=1S/C18H25ClN2O2/c1-23-13-18(7-4-8-18)12-20-17(22)14-5-6-16(15(19)11-14)21-9-2-3-10-21/h5-6,11H,2-4,7-10,12-13H2,1H3,(H,20,22). The molecule has 3 rings (SSSR count). The number of carbonyl (C=O) groups is 1. The van der Waals surface area contributed by atoms with Gasteiger partial charge in [0.05, 0.1) is 17.3 Å². The molecular formula is C18H25ClN2O2. The molecule has 126 valence electrons. The van der Waals surface area contributed by atoms with Crippen LogP contribution < -0.4 is 10.2 Å². The molecule has 0 spiro atoms. The number of halogens is 1. The molecule has 0 radical (unpaired) electrons. The normalized spacial score (nSPS) is 19.5. The van der Waals surface area contributed by atoms with Gasteiger partial charge < -0.3 is 15.0 Å². The largest absolute Gasteiger partial charge is 0.384 e. The Morgan fingerprint density at radius 1 is 1.30 bits per heavy atom. The molecule has 1 heterocycles. The quantitative estimate of drug-likeness (QED) is 0.864. The second kappa shape index (κ2) is 7.10. The Labute approximate surface area is 143 Å².